The number of benzene rings is 1. The Balaban J connectivity index is 1.56. The van der Waals surface area contributed by atoms with Crippen LogP contribution in [0.2, 0.25) is 0 Å². The molecule has 2 amide bonds. The van der Waals surface area contributed by atoms with Crippen molar-refractivity contribution in [2.75, 3.05) is 26.9 Å². The number of rotatable bonds is 8. The van der Waals surface area contributed by atoms with E-state index in [1.165, 1.54) is 38.3 Å². The first-order valence-corrected chi connectivity index (χ1v) is 12.7. The van der Waals surface area contributed by atoms with E-state index in [9.17, 15) is 36.6 Å². The zero-order chi connectivity index (χ0) is 31.3. The van der Waals surface area contributed by atoms with Crippen LogP contribution < -0.4 is 20.5 Å². The second-order valence-electron chi connectivity index (χ2n) is 10.3. The van der Waals surface area contributed by atoms with Gasteiger partial charge in [0.1, 0.15) is 30.5 Å². The van der Waals surface area contributed by atoms with Gasteiger partial charge in [-0.3, -0.25) is 9.59 Å². The fourth-order valence-electron chi connectivity index (χ4n) is 4.68. The number of hydrogen-bond donors (Lipinski definition) is 3. The quantitative estimate of drug-likeness (QED) is 0.262. The van der Waals surface area contributed by atoms with Crippen molar-refractivity contribution in [3.63, 3.8) is 0 Å². The maximum Gasteiger partial charge on any atom is 0.424 e. The Morgan fingerprint density at radius 3 is 2.49 bits per heavy atom. The van der Waals surface area contributed by atoms with Gasteiger partial charge in [-0.05, 0) is 49.4 Å². The van der Waals surface area contributed by atoms with Crippen molar-refractivity contribution in [3.05, 3.63) is 76.9 Å². The van der Waals surface area contributed by atoms with Gasteiger partial charge in [0, 0.05) is 22.8 Å². The highest BCUT2D eigenvalue weighted by Crippen LogP contribution is 2.48. The van der Waals surface area contributed by atoms with Crippen LogP contribution in [0.5, 0.6) is 11.6 Å². The number of amides is 2. The SMILES string of the molecule is COc1cc(C(=O)NCC(O)(c2cc3c(c(-c4ccc(F)cc4)n2)OC[C@]3(C)CF)C(F)(F)F)cc2cc(C(N)=O)nn12. The van der Waals surface area contributed by atoms with Crippen molar-refractivity contribution >= 4 is 17.3 Å². The van der Waals surface area contributed by atoms with Crippen LogP contribution in [0.25, 0.3) is 16.8 Å². The van der Waals surface area contributed by atoms with Gasteiger partial charge in [-0.25, -0.2) is 18.3 Å². The van der Waals surface area contributed by atoms with Crippen LogP contribution in [-0.2, 0) is 11.0 Å². The zero-order valence-electron chi connectivity index (χ0n) is 22.6. The lowest BCUT2D eigenvalue weighted by molar-refractivity contribution is -0.265. The summed E-state index contributed by atoms with van der Waals surface area (Å²) in [5.41, 5.74) is -0.931. The summed E-state index contributed by atoms with van der Waals surface area (Å²) in [6.07, 6.45) is -5.38. The lowest BCUT2D eigenvalue weighted by Gasteiger charge is -2.31. The first-order valence-electron chi connectivity index (χ1n) is 12.7. The molecule has 0 fully saturated rings. The van der Waals surface area contributed by atoms with Gasteiger partial charge in [0.05, 0.1) is 30.3 Å². The van der Waals surface area contributed by atoms with E-state index in [0.29, 0.717) is 0 Å². The molecule has 15 heteroatoms. The van der Waals surface area contributed by atoms with E-state index in [4.69, 9.17) is 15.2 Å². The number of halogens is 5. The highest BCUT2D eigenvalue weighted by atomic mass is 19.4. The van der Waals surface area contributed by atoms with E-state index in [1.807, 2.05) is 0 Å². The van der Waals surface area contributed by atoms with Crippen LogP contribution in [0, 0.1) is 5.82 Å². The topological polar surface area (TPSA) is 141 Å². The van der Waals surface area contributed by atoms with Crippen LogP contribution in [0.4, 0.5) is 22.0 Å². The largest absolute Gasteiger partial charge is 0.490 e. The van der Waals surface area contributed by atoms with Gasteiger partial charge in [-0.2, -0.15) is 18.3 Å². The number of aromatic nitrogens is 3. The van der Waals surface area contributed by atoms with Gasteiger partial charge >= 0.3 is 6.18 Å². The van der Waals surface area contributed by atoms with Crippen molar-refractivity contribution in [2.24, 2.45) is 5.73 Å². The number of methoxy groups -OCH3 is 1. The minimum atomic E-state index is -5.38. The molecule has 226 valence electrons. The maximum absolute atomic E-state index is 14.6. The molecule has 2 atom stereocenters. The second kappa shape index (κ2) is 10.5. The third-order valence-corrected chi connectivity index (χ3v) is 7.22. The summed E-state index contributed by atoms with van der Waals surface area (Å²) in [5.74, 6) is -2.54. The number of nitrogens with two attached hydrogens (primary N) is 1. The molecule has 1 unspecified atom stereocenters. The van der Waals surface area contributed by atoms with Crippen LogP contribution in [0.3, 0.4) is 0 Å². The van der Waals surface area contributed by atoms with E-state index in [1.54, 1.807) is 0 Å². The van der Waals surface area contributed by atoms with E-state index in [-0.39, 0.29) is 51.8 Å². The summed E-state index contributed by atoms with van der Waals surface area (Å²) >= 11 is 0. The summed E-state index contributed by atoms with van der Waals surface area (Å²) in [5, 5.41) is 17.2. The lowest BCUT2D eigenvalue weighted by atomic mass is 9.83. The molecule has 3 aromatic heterocycles. The number of ether oxygens (including phenoxy) is 2. The molecule has 0 saturated carbocycles. The molecule has 4 heterocycles. The van der Waals surface area contributed by atoms with Crippen molar-refractivity contribution < 1.29 is 46.1 Å². The van der Waals surface area contributed by atoms with Gasteiger partial charge in [0.15, 0.2) is 5.69 Å². The molecule has 1 aliphatic rings. The average molecular weight is 606 g/mol. The van der Waals surface area contributed by atoms with E-state index >= 15 is 0 Å². The number of aliphatic hydroxyl groups is 1. The van der Waals surface area contributed by atoms with Gasteiger partial charge in [0.25, 0.3) is 11.8 Å². The summed E-state index contributed by atoms with van der Waals surface area (Å²) in [6, 6.07) is 9.19. The Bertz CT molecular complexity index is 1740. The molecule has 1 aliphatic heterocycles. The number of carbonyl (C=O) groups is 2. The normalized spacial score (nSPS) is 17.7. The first kappa shape index (κ1) is 29.7. The Labute approximate surface area is 240 Å². The van der Waals surface area contributed by atoms with Gasteiger partial charge in [-0.15, -0.1) is 0 Å². The smallest absolute Gasteiger partial charge is 0.424 e. The molecular weight excluding hydrogens is 581 g/mol. The minimum absolute atomic E-state index is 0.000559. The number of nitrogens with zero attached hydrogens (tertiary/aromatic N) is 3. The van der Waals surface area contributed by atoms with Crippen LogP contribution in [-0.4, -0.2) is 64.6 Å². The van der Waals surface area contributed by atoms with E-state index < -0.39 is 53.7 Å². The van der Waals surface area contributed by atoms with Gasteiger partial charge < -0.3 is 25.6 Å². The average Bonchev–Trinajstić information content (AvgIpc) is 3.56. The molecule has 4 aromatic rings. The molecule has 0 spiro atoms. The second-order valence-corrected chi connectivity index (χ2v) is 10.3. The predicted octanol–water partition coefficient (Wildman–Crippen LogP) is 3.44. The molecule has 0 saturated heterocycles. The minimum Gasteiger partial charge on any atom is -0.490 e. The Hall–Kier alpha value is -4.79. The number of primary amides is 1. The monoisotopic (exact) mass is 605 g/mol. The summed E-state index contributed by atoms with van der Waals surface area (Å²) in [4.78, 5) is 28.7. The van der Waals surface area contributed by atoms with E-state index in [0.717, 1.165) is 28.8 Å². The molecule has 0 aliphatic carbocycles. The molecule has 0 bridgehead atoms. The predicted molar refractivity (Wildman–Crippen MR) is 141 cm³/mol. The molecule has 10 nitrogen and oxygen atoms in total. The maximum atomic E-state index is 14.6. The molecule has 5 rings (SSSR count). The number of pyridine rings is 2. The van der Waals surface area contributed by atoms with Crippen molar-refractivity contribution in [3.8, 4) is 22.9 Å². The van der Waals surface area contributed by atoms with Crippen LogP contribution >= 0.6 is 0 Å². The Morgan fingerprint density at radius 2 is 1.88 bits per heavy atom. The molecular formula is C28H24F5N5O5. The highest BCUT2D eigenvalue weighted by Gasteiger charge is 2.57. The van der Waals surface area contributed by atoms with Crippen molar-refractivity contribution in [1.29, 1.82) is 0 Å². The first-order chi connectivity index (χ1) is 20.2. The van der Waals surface area contributed by atoms with Crippen molar-refractivity contribution in [1.82, 2.24) is 19.9 Å². The number of carbonyl (C=O) groups excluding carboxylic acids is 2. The standard InChI is InChI=1S/C28H24F5N5O5/c1-26(11-29)13-43-23-18(26)10-20(36-22(23)14-3-5-16(30)6-4-14)27(41,28(31,32)33)12-35-25(40)15-7-17-9-19(24(34)39)37-38(17)21(8-15)42-2/h3-10,41H,11-13H2,1-2H3,(H2,34,39)(H,35,40)/t26-,27?/m0/s1. The molecule has 43 heavy (non-hydrogen) atoms. The van der Waals surface area contributed by atoms with Gasteiger partial charge in [0.2, 0.25) is 11.5 Å². The van der Waals surface area contributed by atoms with Gasteiger partial charge in [-0.1, -0.05) is 0 Å². The zero-order valence-corrected chi connectivity index (χ0v) is 22.6. The van der Waals surface area contributed by atoms with Crippen molar-refractivity contribution in [2.45, 2.75) is 24.1 Å². The molecule has 0 radical (unpaired) electrons. The molecule has 4 N–H and O–H groups in total. The number of fused-ring (bicyclic) bond motifs is 2. The summed E-state index contributed by atoms with van der Waals surface area (Å²) < 4.78 is 83.5. The molecule has 1 aromatic carbocycles. The Kier molecular flexibility index (Phi) is 7.24. The third kappa shape index (κ3) is 5.09. The number of alkyl halides is 4. The fraction of sp³-hybridized carbons (Fsp3) is 0.286. The summed E-state index contributed by atoms with van der Waals surface area (Å²) in [7, 11) is 1.25. The number of nitrogens with one attached hydrogen (secondary N) is 1. The lowest BCUT2D eigenvalue weighted by Crippen LogP contribution is -2.51. The van der Waals surface area contributed by atoms with Crippen LogP contribution in [0.1, 0.15) is 39.0 Å². The fourth-order valence-corrected chi connectivity index (χ4v) is 4.68. The highest BCUT2D eigenvalue weighted by molar-refractivity contribution is 5.97. The van der Waals surface area contributed by atoms with E-state index in [2.05, 4.69) is 15.4 Å². The number of hydrogen-bond acceptors (Lipinski definition) is 7. The summed E-state index contributed by atoms with van der Waals surface area (Å²) in [6.45, 7) is -1.16. The Morgan fingerprint density at radius 1 is 1.19 bits per heavy atom. The van der Waals surface area contributed by atoms with Crippen LogP contribution in [0.15, 0.2) is 48.5 Å². The third-order valence-electron chi connectivity index (χ3n) is 7.22.